The van der Waals surface area contributed by atoms with Crippen molar-refractivity contribution in [3.63, 3.8) is 0 Å². The highest BCUT2D eigenvalue weighted by atomic mass is 35.5. The van der Waals surface area contributed by atoms with Gasteiger partial charge in [-0.25, -0.2) is 4.79 Å². The Bertz CT molecular complexity index is 555. The maximum absolute atomic E-state index is 10.8. The summed E-state index contributed by atoms with van der Waals surface area (Å²) in [6, 6.07) is 4.73. The summed E-state index contributed by atoms with van der Waals surface area (Å²) in [5.41, 5.74) is 1.42. The van der Waals surface area contributed by atoms with Crippen LogP contribution in [0, 0.1) is 0 Å². The number of nitrogens with one attached hydrogen (secondary N) is 1. The van der Waals surface area contributed by atoms with Crippen LogP contribution in [0.5, 0.6) is 0 Å². The van der Waals surface area contributed by atoms with E-state index >= 15 is 0 Å². The highest BCUT2D eigenvalue weighted by Gasteiger charge is 2.05. The van der Waals surface area contributed by atoms with Gasteiger partial charge in [-0.05, 0) is 18.2 Å². The maximum atomic E-state index is 10.8. The minimum Gasteiger partial charge on any atom is -0.410 e. The number of hydrogen-bond donors (Lipinski definition) is 2. The van der Waals surface area contributed by atoms with E-state index < -0.39 is 5.76 Å². The summed E-state index contributed by atoms with van der Waals surface area (Å²) in [7, 11) is 0. The van der Waals surface area contributed by atoms with Gasteiger partial charge in [0.05, 0.1) is 5.52 Å². The first kappa shape index (κ1) is 8.83. The van der Waals surface area contributed by atoms with Gasteiger partial charge in [0.2, 0.25) is 0 Å². The molecule has 14 heavy (non-hydrogen) atoms. The molecule has 1 aromatic carbocycles. The minimum atomic E-state index is -0.533. The van der Waals surface area contributed by atoms with E-state index in [1.807, 2.05) is 0 Å². The number of nitrogens with zero attached hydrogens (tertiary/aromatic N) is 1. The van der Waals surface area contributed by atoms with Gasteiger partial charge in [0, 0.05) is 5.56 Å². The lowest BCUT2D eigenvalue weighted by molar-refractivity contribution is 0.321. The van der Waals surface area contributed by atoms with E-state index in [-0.39, 0.29) is 5.17 Å². The van der Waals surface area contributed by atoms with Crippen LogP contribution in [0.15, 0.2) is 32.6 Å². The number of aromatic amines is 1. The first-order valence-corrected chi connectivity index (χ1v) is 4.09. The molecule has 5 nitrogen and oxygen atoms in total. The van der Waals surface area contributed by atoms with Crippen molar-refractivity contribution in [2.24, 2.45) is 5.16 Å². The quantitative estimate of drug-likeness (QED) is 0.427. The van der Waals surface area contributed by atoms with Gasteiger partial charge in [0.1, 0.15) is 0 Å². The number of hydrogen-bond acceptors (Lipinski definition) is 4. The van der Waals surface area contributed by atoms with Gasteiger partial charge in [0.25, 0.3) is 0 Å². The van der Waals surface area contributed by atoms with Gasteiger partial charge in [0.15, 0.2) is 10.8 Å². The van der Waals surface area contributed by atoms with Crippen molar-refractivity contribution in [2.75, 3.05) is 0 Å². The highest BCUT2D eigenvalue weighted by molar-refractivity contribution is 6.69. The lowest BCUT2D eigenvalue weighted by atomic mass is 10.2. The predicted molar refractivity (Wildman–Crippen MR) is 51.0 cm³/mol. The number of fused-ring (bicyclic) bond motifs is 1. The second-order valence-electron chi connectivity index (χ2n) is 2.62. The fourth-order valence-corrected chi connectivity index (χ4v) is 1.25. The molecule has 72 valence electrons. The fraction of sp³-hybridized carbons (Fsp3) is 0. The lowest BCUT2D eigenvalue weighted by Gasteiger charge is -1.94. The van der Waals surface area contributed by atoms with E-state index in [1.165, 1.54) is 6.07 Å². The molecule has 0 bridgehead atoms. The second kappa shape index (κ2) is 3.19. The summed E-state index contributed by atoms with van der Waals surface area (Å²) >= 11 is 5.57. The third-order valence-electron chi connectivity index (χ3n) is 1.75. The lowest BCUT2D eigenvalue weighted by Crippen LogP contribution is -1.92. The minimum absolute atomic E-state index is 0.0595. The third-order valence-corrected chi connectivity index (χ3v) is 2.04. The van der Waals surface area contributed by atoms with Gasteiger partial charge < -0.3 is 9.62 Å². The van der Waals surface area contributed by atoms with Gasteiger partial charge in [-0.3, -0.25) is 4.98 Å². The molecule has 0 aliphatic rings. The molecule has 1 heterocycles. The van der Waals surface area contributed by atoms with Crippen molar-refractivity contribution in [1.29, 1.82) is 0 Å². The molecular weight excluding hydrogens is 208 g/mol. The monoisotopic (exact) mass is 212 g/mol. The van der Waals surface area contributed by atoms with Crippen LogP contribution in [0.4, 0.5) is 0 Å². The average Bonchev–Trinajstić information content (AvgIpc) is 2.55. The fourth-order valence-electron chi connectivity index (χ4n) is 1.13. The zero-order valence-electron chi connectivity index (χ0n) is 6.82. The summed E-state index contributed by atoms with van der Waals surface area (Å²) < 4.78 is 4.80. The molecule has 0 unspecified atom stereocenters. The van der Waals surface area contributed by atoms with Crippen molar-refractivity contribution in [2.45, 2.75) is 0 Å². The number of aromatic nitrogens is 1. The predicted octanol–water partition coefficient (Wildman–Crippen LogP) is 1.50. The number of oxime groups is 1. The Balaban J connectivity index is 2.67. The van der Waals surface area contributed by atoms with Crippen molar-refractivity contribution in [3.05, 3.63) is 34.3 Å². The molecule has 0 aliphatic heterocycles. The summed E-state index contributed by atoms with van der Waals surface area (Å²) in [5, 5.41) is 11.2. The molecule has 2 aromatic rings. The Morgan fingerprint density at radius 1 is 1.57 bits per heavy atom. The highest BCUT2D eigenvalue weighted by Crippen LogP contribution is 2.14. The molecule has 0 saturated carbocycles. The van der Waals surface area contributed by atoms with E-state index in [4.69, 9.17) is 21.2 Å². The van der Waals surface area contributed by atoms with Crippen LogP contribution < -0.4 is 5.76 Å². The number of benzene rings is 1. The first-order valence-electron chi connectivity index (χ1n) is 3.71. The average molecular weight is 213 g/mol. The molecule has 2 rings (SSSR count). The Morgan fingerprint density at radius 2 is 2.36 bits per heavy atom. The van der Waals surface area contributed by atoms with Crippen LogP contribution in [0.2, 0.25) is 0 Å². The Morgan fingerprint density at radius 3 is 3.07 bits per heavy atom. The van der Waals surface area contributed by atoms with Crippen LogP contribution in [0.25, 0.3) is 11.1 Å². The molecule has 1 aromatic heterocycles. The third kappa shape index (κ3) is 1.38. The van der Waals surface area contributed by atoms with Gasteiger partial charge in [-0.1, -0.05) is 16.8 Å². The molecule has 0 atom stereocenters. The van der Waals surface area contributed by atoms with E-state index in [0.717, 1.165) is 0 Å². The zero-order valence-corrected chi connectivity index (χ0v) is 7.58. The Kier molecular flexibility index (Phi) is 2.01. The van der Waals surface area contributed by atoms with Gasteiger partial charge in [-0.2, -0.15) is 0 Å². The van der Waals surface area contributed by atoms with Crippen LogP contribution in [-0.4, -0.2) is 15.4 Å². The molecule has 6 heteroatoms. The molecule has 0 amide bonds. The molecule has 2 N–H and O–H groups in total. The zero-order chi connectivity index (χ0) is 10.1. The van der Waals surface area contributed by atoms with Crippen LogP contribution in [0.1, 0.15) is 5.56 Å². The molecular formula is C8H5ClN2O3. The normalized spacial score (nSPS) is 12.2. The summed E-state index contributed by atoms with van der Waals surface area (Å²) in [5.74, 6) is -0.533. The molecule has 0 saturated heterocycles. The van der Waals surface area contributed by atoms with E-state index in [1.54, 1.807) is 12.1 Å². The molecule has 0 spiro atoms. The SMILES string of the molecule is O=c1[nH]c2ccc(C(Cl)=NO)cc2o1. The topological polar surface area (TPSA) is 78.6 Å². The van der Waals surface area contributed by atoms with E-state index in [0.29, 0.717) is 16.7 Å². The summed E-state index contributed by atoms with van der Waals surface area (Å²) in [6.07, 6.45) is 0. The number of H-pyrrole nitrogens is 1. The van der Waals surface area contributed by atoms with Gasteiger partial charge in [-0.15, -0.1) is 0 Å². The van der Waals surface area contributed by atoms with Crippen molar-refractivity contribution >= 4 is 27.9 Å². The second-order valence-corrected chi connectivity index (χ2v) is 2.97. The maximum Gasteiger partial charge on any atom is 0.417 e. The first-order chi connectivity index (χ1) is 6.70. The van der Waals surface area contributed by atoms with E-state index in [9.17, 15) is 4.79 Å². The molecule has 0 radical (unpaired) electrons. The van der Waals surface area contributed by atoms with Gasteiger partial charge >= 0.3 is 5.76 Å². The molecule has 0 aliphatic carbocycles. The van der Waals surface area contributed by atoms with E-state index in [2.05, 4.69) is 10.1 Å². The Labute approximate surface area is 82.6 Å². The van der Waals surface area contributed by atoms with Crippen LogP contribution in [-0.2, 0) is 0 Å². The van der Waals surface area contributed by atoms with Crippen LogP contribution in [0.3, 0.4) is 0 Å². The van der Waals surface area contributed by atoms with Crippen molar-refractivity contribution in [1.82, 2.24) is 4.98 Å². The summed E-state index contributed by atoms with van der Waals surface area (Å²) in [4.78, 5) is 13.3. The van der Waals surface area contributed by atoms with Crippen molar-refractivity contribution in [3.8, 4) is 0 Å². The van der Waals surface area contributed by atoms with Crippen LogP contribution >= 0.6 is 11.6 Å². The standard InChI is InChI=1S/C8H5ClN2O3/c9-7(11-13)4-1-2-5-6(3-4)14-8(12)10-5/h1-3,13H,(H,10,12). The number of oxazole rings is 1. The summed E-state index contributed by atoms with van der Waals surface area (Å²) in [6.45, 7) is 0. The largest absolute Gasteiger partial charge is 0.417 e. The van der Waals surface area contributed by atoms with Crippen molar-refractivity contribution < 1.29 is 9.62 Å². The molecule has 0 fully saturated rings. The number of halogens is 1. The smallest absolute Gasteiger partial charge is 0.410 e. The Hall–Kier alpha value is -1.75. The number of rotatable bonds is 1.